The Kier molecular flexibility index (Phi) is 5.12. The molecule has 6 nitrogen and oxygen atoms in total. The molecule has 2 aliphatic heterocycles. The van der Waals surface area contributed by atoms with Gasteiger partial charge in [0.1, 0.15) is 11.5 Å². The van der Waals surface area contributed by atoms with Crippen LogP contribution >= 0.6 is 0 Å². The van der Waals surface area contributed by atoms with E-state index in [0.717, 1.165) is 4.90 Å². The Morgan fingerprint density at radius 1 is 0.966 bits per heavy atom. The fourth-order valence-corrected chi connectivity index (χ4v) is 3.62. The SMILES string of the molecule is O=C(c1ccc(F)cc1)N1CCC(NC2=CC(=O)N(c3ccccc3)C2=O)CC1. The fraction of sp³-hybridized carbons (Fsp3) is 0.227. The summed E-state index contributed by atoms with van der Waals surface area (Å²) in [4.78, 5) is 40.3. The van der Waals surface area contributed by atoms with E-state index in [1.807, 2.05) is 6.07 Å². The minimum atomic E-state index is -0.377. The van der Waals surface area contributed by atoms with Crippen molar-refractivity contribution in [2.45, 2.75) is 18.9 Å². The first-order valence-electron chi connectivity index (χ1n) is 9.49. The van der Waals surface area contributed by atoms with Crippen molar-refractivity contribution in [1.29, 1.82) is 0 Å². The van der Waals surface area contributed by atoms with Gasteiger partial charge < -0.3 is 10.2 Å². The number of hydrogen-bond donors (Lipinski definition) is 1. The van der Waals surface area contributed by atoms with Crippen molar-refractivity contribution in [2.24, 2.45) is 0 Å². The highest BCUT2D eigenvalue weighted by Crippen LogP contribution is 2.22. The number of piperidine rings is 1. The summed E-state index contributed by atoms with van der Waals surface area (Å²) in [5.74, 6) is -1.25. The van der Waals surface area contributed by atoms with E-state index in [0.29, 0.717) is 37.2 Å². The van der Waals surface area contributed by atoms with Crippen LogP contribution in [0, 0.1) is 5.82 Å². The van der Waals surface area contributed by atoms with Crippen LogP contribution in [-0.4, -0.2) is 41.8 Å². The maximum atomic E-state index is 13.0. The van der Waals surface area contributed by atoms with Gasteiger partial charge in [-0.05, 0) is 49.2 Å². The van der Waals surface area contributed by atoms with Gasteiger partial charge in [-0.3, -0.25) is 14.4 Å². The molecule has 7 heteroatoms. The van der Waals surface area contributed by atoms with Crippen LogP contribution in [-0.2, 0) is 9.59 Å². The van der Waals surface area contributed by atoms with E-state index in [2.05, 4.69) is 5.32 Å². The quantitative estimate of drug-likeness (QED) is 0.811. The number of benzene rings is 2. The summed E-state index contributed by atoms with van der Waals surface area (Å²) in [6.45, 7) is 1.04. The summed E-state index contributed by atoms with van der Waals surface area (Å²) < 4.78 is 13.0. The fourth-order valence-electron chi connectivity index (χ4n) is 3.62. The first-order chi connectivity index (χ1) is 14.0. The number of rotatable bonds is 4. The van der Waals surface area contributed by atoms with Crippen molar-refractivity contribution in [3.8, 4) is 0 Å². The van der Waals surface area contributed by atoms with Gasteiger partial charge >= 0.3 is 0 Å². The zero-order valence-electron chi connectivity index (χ0n) is 15.7. The number of nitrogens with zero attached hydrogens (tertiary/aromatic N) is 2. The monoisotopic (exact) mass is 393 g/mol. The second-order valence-electron chi connectivity index (χ2n) is 7.09. The van der Waals surface area contributed by atoms with Gasteiger partial charge in [0.05, 0.1) is 5.69 Å². The van der Waals surface area contributed by atoms with Crippen LogP contribution in [0.2, 0.25) is 0 Å². The third kappa shape index (κ3) is 3.89. The van der Waals surface area contributed by atoms with Gasteiger partial charge in [-0.25, -0.2) is 9.29 Å². The molecule has 0 atom stereocenters. The largest absolute Gasteiger partial charge is 0.378 e. The Hall–Kier alpha value is -3.48. The Morgan fingerprint density at radius 3 is 2.28 bits per heavy atom. The molecule has 0 spiro atoms. The topological polar surface area (TPSA) is 69.7 Å². The number of nitrogens with one attached hydrogen (secondary N) is 1. The van der Waals surface area contributed by atoms with E-state index in [4.69, 9.17) is 0 Å². The number of anilines is 1. The molecule has 0 radical (unpaired) electrons. The molecule has 2 aromatic rings. The average Bonchev–Trinajstić information content (AvgIpc) is 3.02. The van der Waals surface area contributed by atoms with E-state index >= 15 is 0 Å². The lowest BCUT2D eigenvalue weighted by molar-refractivity contribution is -0.120. The molecule has 29 heavy (non-hydrogen) atoms. The predicted molar refractivity (Wildman–Crippen MR) is 105 cm³/mol. The van der Waals surface area contributed by atoms with Crippen LogP contribution < -0.4 is 10.2 Å². The molecule has 148 valence electrons. The minimum absolute atomic E-state index is 0.00834. The van der Waals surface area contributed by atoms with Crippen LogP contribution in [0.25, 0.3) is 0 Å². The Balaban J connectivity index is 1.35. The second-order valence-corrected chi connectivity index (χ2v) is 7.09. The number of amides is 3. The predicted octanol–water partition coefficient (Wildman–Crippen LogP) is 2.48. The zero-order chi connectivity index (χ0) is 20.4. The summed E-state index contributed by atoms with van der Waals surface area (Å²) >= 11 is 0. The lowest BCUT2D eigenvalue weighted by Crippen LogP contribution is -2.45. The summed E-state index contributed by atoms with van der Waals surface area (Å²) in [7, 11) is 0. The highest BCUT2D eigenvalue weighted by Gasteiger charge is 2.34. The van der Waals surface area contributed by atoms with E-state index in [9.17, 15) is 18.8 Å². The maximum Gasteiger partial charge on any atom is 0.281 e. The molecular formula is C22H20FN3O3. The van der Waals surface area contributed by atoms with Crippen molar-refractivity contribution in [2.75, 3.05) is 18.0 Å². The van der Waals surface area contributed by atoms with Gasteiger partial charge in [0.25, 0.3) is 17.7 Å². The summed E-state index contributed by atoms with van der Waals surface area (Å²) in [5, 5.41) is 3.17. The number of carbonyl (C=O) groups is 3. The summed E-state index contributed by atoms with van der Waals surface area (Å²) in [6, 6.07) is 14.3. The Bertz CT molecular complexity index is 965. The Labute approximate surface area is 167 Å². The number of hydrogen-bond acceptors (Lipinski definition) is 4. The van der Waals surface area contributed by atoms with E-state index < -0.39 is 0 Å². The van der Waals surface area contributed by atoms with Gasteiger partial charge in [-0.1, -0.05) is 18.2 Å². The third-order valence-corrected chi connectivity index (χ3v) is 5.17. The highest BCUT2D eigenvalue weighted by molar-refractivity contribution is 6.30. The molecule has 0 saturated carbocycles. The third-order valence-electron chi connectivity index (χ3n) is 5.17. The normalized spacial score (nSPS) is 17.5. The number of halogens is 1. The molecule has 0 bridgehead atoms. The molecule has 0 aromatic heterocycles. The van der Waals surface area contributed by atoms with Crippen LogP contribution in [0.1, 0.15) is 23.2 Å². The van der Waals surface area contributed by atoms with Crippen molar-refractivity contribution >= 4 is 23.4 Å². The average molecular weight is 393 g/mol. The number of likely N-dealkylation sites (tertiary alicyclic amines) is 1. The van der Waals surface area contributed by atoms with Gasteiger partial charge in [-0.2, -0.15) is 0 Å². The molecular weight excluding hydrogens is 373 g/mol. The first kappa shape index (κ1) is 18.9. The van der Waals surface area contributed by atoms with E-state index in [-0.39, 0.29) is 35.3 Å². The second kappa shape index (κ2) is 7.87. The minimum Gasteiger partial charge on any atom is -0.378 e. The molecule has 0 unspecified atom stereocenters. The first-order valence-corrected chi connectivity index (χ1v) is 9.49. The number of carbonyl (C=O) groups excluding carboxylic acids is 3. The molecule has 2 heterocycles. The molecule has 3 amide bonds. The standard InChI is InChI=1S/C22H20FN3O3/c23-16-8-6-15(7-9-16)21(28)25-12-10-17(11-13-25)24-19-14-20(27)26(22(19)29)18-4-2-1-3-5-18/h1-9,14,17,24H,10-13H2. The number of imide groups is 1. The zero-order valence-corrected chi connectivity index (χ0v) is 15.7. The van der Waals surface area contributed by atoms with Gasteiger partial charge in [0.15, 0.2) is 0 Å². The van der Waals surface area contributed by atoms with Crippen LogP contribution in [0.4, 0.5) is 10.1 Å². The molecule has 4 rings (SSSR count). The smallest absolute Gasteiger partial charge is 0.281 e. The van der Waals surface area contributed by atoms with Crippen molar-refractivity contribution in [3.05, 3.63) is 77.8 Å². The molecule has 1 fully saturated rings. The van der Waals surface area contributed by atoms with Crippen molar-refractivity contribution in [3.63, 3.8) is 0 Å². The number of para-hydroxylation sites is 1. The molecule has 1 saturated heterocycles. The van der Waals surface area contributed by atoms with Crippen LogP contribution in [0.15, 0.2) is 66.4 Å². The lowest BCUT2D eigenvalue weighted by atomic mass is 10.0. The molecule has 2 aliphatic rings. The van der Waals surface area contributed by atoms with Crippen molar-refractivity contribution < 1.29 is 18.8 Å². The van der Waals surface area contributed by atoms with Gasteiger partial charge in [0, 0.05) is 30.8 Å². The lowest BCUT2D eigenvalue weighted by Gasteiger charge is -2.33. The summed E-state index contributed by atoms with van der Waals surface area (Å²) in [6.07, 6.45) is 2.62. The van der Waals surface area contributed by atoms with Crippen LogP contribution in [0.5, 0.6) is 0 Å². The molecule has 2 aromatic carbocycles. The van der Waals surface area contributed by atoms with E-state index in [1.54, 1.807) is 29.2 Å². The van der Waals surface area contributed by atoms with Gasteiger partial charge in [0.2, 0.25) is 0 Å². The summed E-state index contributed by atoms with van der Waals surface area (Å²) in [5.41, 5.74) is 1.27. The van der Waals surface area contributed by atoms with Crippen LogP contribution in [0.3, 0.4) is 0 Å². The Morgan fingerprint density at radius 2 is 1.62 bits per heavy atom. The van der Waals surface area contributed by atoms with Gasteiger partial charge in [-0.15, -0.1) is 0 Å². The van der Waals surface area contributed by atoms with Crippen molar-refractivity contribution in [1.82, 2.24) is 10.2 Å². The maximum absolute atomic E-state index is 13.0. The highest BCUT2D eigenvalue weighted by atomic mass is 19.1. The van der Waals surface area contributed by atoms with E-state index in [1.165, 1.54) is 30.3 Å². The molecule has 0 aliphatic carbocycles. The molecule has 1 N–H and O–H groups in total.